The topological polar surface area (TPSA) is 89.0 Å². The number of anilines is 1. The van der Waals surface area contributed by atoms with Crippen molar-refractivity contribution in [2.75, 3.05) is 11.5 Å². The van der Waals surface area contributed by atoms with E-state index in [1.807, 2.05) is 45.0 Å². The van der Waals surface area contributed by atoms with Crippen LogP contribution in [0.1, 0.15) is 35.2 Å². The second-order valence-electron chi connectivity index (χ2n) is 9.28. The molecule has 1 aliphatic rings. The number of rotatable bonds is 7. The highest BCUT2D eigenvalue weighted by molar-refractivity contribution is 6.51. The number of carbonyl (C=O) groups excluding carboxylic acids is 2. The van der Waals surface area contributed by atoms with Crippen LogP contribution in [0.4, 0.5) is 5.69 Å². The average molecular weight is 521 g/mol. The number of ketones is 1. The van der Waals surface area contributed by atoms with Gasteiger partial charge in [0.15, 0.2) is 0 Å². The van der Waals surface area contributed by atoms with Gasteiger partial charge in [0.25, 0.3) is 11.7 Å². The van der Waals surface area contributed by atoms with Gasteiger partial charge < -0.3 is 14.6 Å². The van der Waals surface area contributed by atoms with Crippen LogP contribution >= 0.6 is 0 Å². The maximum Gasteiger partial charge on any atom is 0.300 e. The van der Waals surface area contributed by atoms with Gasteiger partial charge in [-0.2, -0.15) is 0 Å². The second-order valence-corrected chi connectivity index (χ2v) is 9.28. The fourth-order valence-corrected chi connectivity index (χ4v) is 4.71. The number of Topliss-reactive ketones (excluding diaryl/α,β-unsaturated/α-hetero) is 1. The van der Waals surface area contributed by atoms with Gasteiger partial charge in [-0.3, -0.25) is 19.5 Å². The van der Waals surface area contributed by atoms with Gasteiger partial charge in [-0.25, -0.2) is 0 Å². The number of hydrogen-bond donors (Lipinski definition) is 1. The van der Waals surface area contributed by atoms with Crippen LogP contribution in [0.15, 0.2) is 96.8 Å². The summed E-state index contributed by atoms with van der Waals surface area (Å²) in [6.07, 6.45) is 3.21. The predicted octanol–water partition coefficient (Wildman–Crippen LogP) is 6.52. The molecule has 7 nitrogen and oxygen atoms in total. The first-order valence-corrected chi connectivity index (χ1v) is 12.7. The first kappa shape index (κ1) is 25.7. The second kappa shape index (κ2) is 10.8. The van der Waals surface area contributed by atoms with E-state index in [0.29, 0.717) is 40.7 Å². The number of hydrogen-bond acceptors (Lipinski definition) is 6. The highest BCUT2D eigenvalue weighted by Crippen LogP contribution is 2.42. The number of pyridine rings is 1. The predicted molar refractivity (Wildman–Crippen MR) is 149 cm³/mol. The molecular weight excluding hydrogens is 492 g/mol. The Morgan fingerprint density at radius 3 is 2.41 bits per heavy atom. The number of ether oxygens (including phenoxy) is 2. The van der Waals surface area contributed by atoms with E-state index in [1.165, 1.54) is 4.90 Å². The number of aryl methyl sites for hydroxylation is 2. The molecule has 5 rings (SSSR count). The fraction of sp³-hybridized carbons (Fsp3) is 0.156. The molecule has 7 heteroatoms. The Bertz CT molecular complexity index is 1560. The third-order valence-electron chi connectivity index (χ3n) is 6.53. The fourth-order valence-electron chi connectivity index (χ4n) is 4.71. The van der Waals surface area contributed by atoms with E-state index in [2.05, 4.69) is 4.98 Å². The lowest BCUT2D eigenvalue weighted by atomic mass is 9.95. The van der Waals surface area contributed by atoms with Crippen molar-refractivity contribution < 1.29 is 24.2 Å². The summed E-state index contributed by atoms with van der Waals surface area (Å²) in [4.78, 5) is 32.4. The lowest BCUT2D eigenvalue weighted by molar-refractivity contribution is -0.132. The SMILES string of the molecule is CCOc1ccc(/C(O)=C2/C(=O)C(=O)N(c3ccc(Oc4cccc(C)c4)cc3)C2c2cccnc2)cc1C. The van der Waals surface area contributed by atoms with Crippen LogP contribution in [0.3, 0.4) is 0 Å². The Morgan fingerprint density at radius 1 is 0.949 bits per heavy atom. The standard InChI is InChI=1S/C32H28N2O5/c1-4-38-27-15-10-22(18-21(27)3)30(35)28-29(23-8-6-16-33-19-23)34(32(37)31(28)36)24-11-13-25(14-12-24)39-26-9-5-7-20(2)17-26/h5-19,29,35H,4H2,1-3H3/b30-28-. The summed E-state index contributed by atoms with van der Waals surface area (Å²) in [6.45, 7) is 6.25. The smallest absolute Gasteiger partial charge is 0.300 e. The van der Waals surface area contributed by atoms with Gasteiger partial charge in [0.05, 0.1) is 18.2 Å². The summed E-state index contributed by atoms with van der Waals surface area (Å²) in [5.74, 6) is 0.211. The van der Waals surface area contributed by atoms with Crippen molar-refractivity contribution >= 4 is 23.1 Å². The molecule has 0 saturated carbocycles. The highest BCUT2D eigenvalue weighted by Gasteiger charge is 2.47. The van der Waals surface area contributed by atoms with Crippen LogP contribution in [-0.4, -0.2) is 28.4 Å². The molecule has 1 aromatic heterocycles. The van der Waals surface area contributed by atoms with Crippen molar-refractivity contribution in [2.45, 2.75) is 26.8 Å². The molecule has 39 heavy (non-hydrogen) atoms. The monoisotopic (exact) mass is 520 g/mol. The van der Waals surface area contributed by atoms with Crippen molar-refractivity contribution in [3.05, 3.63) is 119 Å². The van der Waals surface area contributed by atoms with E-state index in [9.17, 15) is 14.7 Å². The first-order valence-electron chi connectivity index (χ1n) is 12.7. The van der Waals surface area contributed by atoms with Crippen LogP contribution in [0.2, 0.25) is 0 Å². The first-order chi connectivity index (χ1) is 18.9. The van der Waals surface area contributed by atoms with Gasteiger partial charge >= 0.3 is 0 Å². The molecule has 1 atom stereocenters. The molecule has 0 aliphatic carbocycles. The molecule has 0 spiro atoms. The normalized spacial score (nSPS) is 16.4. The Balaban J connectivity index is 1.55. The Kier molecular flexibility index (Phi) is 7.14. The minimum atomic E-state index is -0.867. The zero-order valence-electron chi connectivity index (χ0n) is 21.9. The summed E-state index contributed by atoms with van der Waals surface area (Å²) in [5.41, 5.74) is 3.38. The Labute approximate surface area is 227 Å². The van der Waals surface area contributed by atoms with Gasteiger partial charge in [-0.05, 0) is 98.1 Å². The van der Waals surface area contributed by atoms with Crippen LogP contribution in [-0.2, 0) is 9.59 Å². The number of amides is 1. The maximum atomic E-state index is 13.4. The molecule has 2 heterocycles. The van der Waals surface area contributed by atoms with E-state index in [4.69, 9.17) is 9.47 Å². The Morgan fingerprint density at radius 2 is 1.74 bits per heavy atom. The molecule has 196 valence electrons. The highest BCUT2D eigenvalue weighted by atomic mass is 16.5. The molecule has 0 radical (unpaired) electrons. The van der Waals surface area contributed by atoms with Crippen molar-refractivity contribution in [3.8, 4) is 17.2 Å². The van der Waals surface area contributed by atoms with Crippen LogP contribution < -0.4 is 14.4 Å². The van der Waals surface area contributed by atoms with Gasteiger partial charge in [0, 0.05) is 23.6 Å². The molecule has 4 aromatic rings. The summed E-state index contributed by atoms with van der Waals surface area (Å²) in [6, 6.07) is 22.4. The zero-order chi connectivity index (χ0) is 27.5. The van der Waals surface area contributed by atoms with Gasteiger partial charge in [-0.15, -0.1) is 0 Å². The number of benzene rings is 3. The van der Waals surface area contributed by atoms with Gasteiger partial charge in [0.1, 0.15) is 23.0 Å². The van der Waals surface area contributed by atoms with Gasteiger partial charge in [0.2, 0.25) is 0 Å². The molecule has 3 aromatic carbocycles. The largest absolute Gasteiger partial charge is 0.507 e. The number of aliphatic hydroxyl groups is 1. The zero-order valence-corrected chi connectivity index (χ0v) is 21.9. The van der Waals surface area contributed by atoms with Crippen molar-refractivity contribution in [3.63, 3.8) is 0 Å². The molecular formula is C32H28N2O5. The van der Waals surface area contributed by atoms with Crippen molar-refractivity contribution in [1.82, 2.24) is 4.98 Å². The lowest BCUT2D eigenvalue weighted by Gasteiger charge is -2.25. The van der Waals surface area contributed by atoms with E-state index in [1.54, 1.807) is 67.0 Å². The number of carbonyl (C=O) groups is 2. The summed E-state index contributed by atoms with van der Waals surface area (Å²) in [7, 11) is 0. The van der Waals surface area contributed by atoms with E-state index in [-0.39, 0.29) is 11.3 Å². The minimum Gasteiger partial charge on any atom is -0.507 e. The summed E-state index contributed by atoms with van der Waals surface area (Å²) >= 11 is 0. The van der Waals surface area contributed by atoms with Crippen molar-refractivity contribution in [2.24, 2.45) is 0 Å². The van der Waals surface area contributed by atoms with Crippen LogP contribution in [0.5, 0.6) is 17.2 Å². The van der Waals surface area contributed by atoms with Gasteiger partial charge in [-0.1, -0.05) is 18.2 Å². The lowest BCUT2D eigenvalue weighted by Crippen LogP contribution is -2.29. The van der Waals surface area contributed by atoms with E-state index < -0.39 is 17.7 Å². The van der Waals surface area contributed by atoms with Crippen LogP contribution in [0, 0.1) is 13.8 Å². The molecule has 1 unspecified atom stereocenters. The number of aromatic nitrogens is 1. The third kappa shape index (κ3) is 5.11. The van der Waals surface area contributed by atoms with E-state index in [0.717, 1.165) is 11.1 Å². The summed E-state index contributed by atoms with van der Waals surface area (Å²) < 4.78 is 11.6. The quantitative estimate of drug-likeness (QED) is 0.170. The Hall–Kier alpha value is -4.91. The molecule has 1 amide bonds. The molecule has 1 aliphatic heterocycles. The summed E-state index contributed by atoms with van der Waals surface area (Å²) in [5, 5.41) is 11.4. The van der Waals surface area contributed by atoms with Crippen LogP contribution in [0.25, 0.3) is 5.76 Å². The molecule has 0 bridgehead atoms. The van der Waals surface area contributed by atoms with Crippen molar-refractivity contribution in [1.29, 1.82) is 0 Å². The number of nitrogens with zero attached hydrogens (tertiary/aromatic N) is 2. The molecule has 1 saturated heterocycles. The molecule has 1 fully saturated rings. The number of aliphatic hydroxyl groups excluding tert-OH is 1. The average Bonchev–Trinajstić information content (AvgIpc) is 3.20. The maximum absolute atomic E-state index is 13.4. The minimum absolute atomic E-state index is 0.00310. The molecule has 1 N–H and O–H groups in total. The third-order valence-corrected chi connectivity index (χ3v) is 6.53. The van der Waals surface area contributed by atoms with E-state index >= 15 is 0 Å².